The fourth-order valence-electron chi connectivity index (χ4n) is 2.30. The Morgan fingerprint density at radius 3 is 2.54 bits per heavy atom. The van der Waals surface area contributed by atoms with Gasteiger partial charge >= 0.3 is 5.97 Å². The van der Waals surface area contributed by atoms with E-state index in [1.54, 1.807) is 12.1 Å². The molecule has 0 bridgehead atoms. The first-order chi connectivity index (χ1) is 11.3. The average molecular weight is 351 g/mol. The van der Waals surface area contributed by atoms with Gasteiger partial charge in [-0.2, -0.15) is 5.10 Å². The first kappa shape index (κ1) is 18.2. The lowest BCUT2D eigenvalue weighted by Gasteiger charge is -2.15. The van der Waals surface area contributed by atoms with Gasteiger partial charge in [0.25, 0.3) is 0 Å². The molecule has 1 atom stereocenters. The molecule has 7 nitrogen and oxygen atoms in total. The van der Waals surface area contributed by atoms with Gasteiger partial charge in [0.15, 0.2) is 0 Å². The molecule has 1 aromatic heterocycles. The summed E-state index contributed by atoms with van der Waals surface area (Å²) in [5, 5.41) is 13.2. The zero-order valence-corrected chi connectivity index (χ0v) is 14.4. The minimum atomic E-state index is -3.81. The van der Waals surface area contributed by atoms with Crippen LogP contribution in [0.15, 0.2) is 47.6 Å². The van der Waals surface area contributed by atoms with Crippen LogP contribution in [0, 0.1) is 11.8 Å². The molecule has 2 rings (SSSR count). The van der Waals surface area contributed by atoms with Crippen molar-refractivity contribution in [3.05, 3.63) is 42.7 Å². The first-order valence-corrected chi connectivity index (χ1v) is 9.10. The van der Waals surface area contributed by atoms with Crippen LogP contribution in [-0.2, 0) is 14.8 Å². The molecule has 130 valence electrons. The van der Waals surface area contributed by atoms with Crippen LogP contribution in [-0.4, -0.2) is 35.8 Å². The van der Waals surface area contributed by atoms with Crippen molar-refractivity contribution in [3.8, 4) is 5.69 Å². The summed E-state index contributed by atoms with van der Waals surface area (Å²) < 4.78 is 28.5. The van der Waals surface area contributed by atoms with Crippen LogP contribution in [0.2, 0.25) is 0 Å². The molecule has 24 heavy (non-hydrogen) atoms. The molecule has 2 N–H and O–H groups in total. The molecule has 0 aliphatic rings. The molecule has 2 aromatic rings. The Kier molecular flexibility index (Phi) is 5.74. The normalized spacial score (nSPS) is 13.1. The van der Waals surface area contributed by atoms with Crippen molar-refractivity contribution in [2.45, 2.75) is 25.2 Å². The van der Waals surface area contributed by atoms with Gasteiger partial charge in [0.1, 0.15) is 4.90 Å². The second-order valence-electron chi connectivity index (χ2n) is 5.97. The number of nitrogens with one attached hydrogen (secondary N) is 1. The molecule has 1 heterocycles. The third kappa shape index (κ3) is 4.65. The van der Waals surface area contributed by atoms with Crippen molar-refractivity contribution >= 4 is 16.0 Å². The topological polar surface area (TPSA) is 101 Å². The lowest BCUT2D eigenvalue weighted by molar-refractivity contribution is -0.142. The van der Waals surface area contributed by atoms with E-state index in [9.17, 15) is 18.3 Å². The van der Waals surface area contributed by atoms with Gasteiger partial charge in [0.05, 0.1) is 24.0 Å². The molecule has 0 saturated heterocycles. The van der Waals surface area contributed by atoms with Crippen LogP contribution >= 0.6 is 0 Å². The Morgan fingerprint density at radius 1 is 1.29 bits per heavy atom. The molecule has 1 aromatic carbocycles. The highest BCUT2D eigenvalue weighted by molar-refractivity contribution is 7.89. The van der Waals surface area contributed by atoms with E-state index in [1.807, 2.05) is 32.0 Å². The van der Waals surface area contributed by atoms with Crippen molar-refractivity contribution in [2.24, 2.45) is 11.8 Å². The number of aliphatic carboxylic acids is 1. The van der Waals surface area contributed by atoms with E-state index in [-0.39, 0.29) is 17.4 Å². The van der Waals surface area contributed by atoms with Crippen LogP contribution in [0.1, 0.15) is 20.3 Å². The summed E-state index contributed by atoms with van der Waals surface area (Å²) in [4.78, 5) is 11.2. The van der Waals surface area contributed by atoms with Gasteiger partial charge in [0.2, 0.25) is 10.0 Å². The predicted molar refractivity (Wildman–Crippen MR) is 89.3 cm³/mol. The van der Waals surface area contributed by atoms with Gasteiger partial charge in [-0.1, -0.05) is 32.0 Å². The van der Waals surface area contributed by atoms with Gasteiger partial charge in [-0.25, -0.2) is 17.8 Å². The fraction of sp³-hybridized carbons (Fsp3) is 0.375. The van der Waals surface area contributed by atoms with E-state index >= 15 is 0 Å². The average Bonchev–Trinajstić information content (AvgIpc) is 3.02. The van der Waals surface area contributed by atoms with Crippen molar-refractivity contribution in [1.82, 2.24) is 14.5 Å². The smallest absolute Gasteiger partial charge is 0.307 e. The number of nitrogens with zero attached hydrogens (tertiary/aromatic N) is 2. The van der Waals surface area contributed by atoms with Gasteiger partial charge < -0.3 is 5.11 Å². The maximum Gasteiger partial charge on any atom is 0.307 e. The Balaban J connectivity index is 2.10. The summed E-state index contributed by atoms with van der Waals surface area (Å²) in [6.45, 7) is 3.65. The number of carboxylic acids is 1. The van der Waals surface area contributed by atoms with Crippen LogP contribution < -0.4 is 4.72 Å². The van der Waals surface area contributed by atoms with E-state index in [0.29, 0.717) is 6.42 Å². The van der Waals surface area contributed by atoms with E-state index in [4.69, 9.17) is 0 Å². The molecular formula is C16H21N3O4S. The molecule has 1 unspecified atom stereocenters. The minimum absolute atomic E-state index is 0.0000359. The Hall–Kier alpha value is -2.19. The highest BCUT2D eigenvalue weighted by Gasteiger charge is 2.23. The molecule has 0 aliphatic carbocycles. The monoisotopic (exact) mass is 351 g/mol. The van der Waals surface area contributed by atoms with Crippen molar-refractivity contribution in [3.63, 3.8) is 0 Å². The van der Waals surface area contributed by atoms with Gasteiger partial charge in [-0.05, 0) is 24.5 Å². The molecule has 0 saturated carbocycles. The van der Waals surface area contributed by atoms with Crippen LogP contribution in [0.3, 0.4) is 0 Å². The Bertz CT molecular complexity index is 785. The zero-order valence-electron chi connectivity index (χ0n) is 13.6. The first-order valence-electron chi connectivity index (χ1n) is 7.62. The SMILES string of the molecule is CC(C)CC(CNS(=O)(=O)c1cnn(-c2ccccc2)c1)C(=O)O. The largest absolute Gasteiger partial charge is 0.481 e. The van der Waals surface area contributed by atoms with E-state index < -0.39 is 21.9 Å². The number of benzene rings is 1. The van der Waals surface area contributed by atoms with Crippen molar-refractivity contribution in [2.75, 3.05) is 6.54 Å². The van der Waals surface area contributed by atoms with Crippen LogP contribution in [0.5, 0.6) is 0 Å². The predicted octanol–water partition coefficient (Wildman–Crippen LogP) is 1.90. The number of hydrogen-bond acceptors (Lipinski definition) is 4. The van der Waals surface area contributed by atoms with Gasteiger partial charge in [-0.3, -0.25) is 4.79 Å². The highest BCUT2D eigenvalue weighted by atomic mass is 32.2. The lowest BCUT2D eigenvalue weighted by atomic mass is 9.98. The maximum absolute atomic E-state index is 12.3. The number of hydrogen-bond donors (Lipinski definition) is 2. The summed E-state index contributed by atoms with van der Waals surface area (Å²) in [6.07, 6.45) is 3.05. The highest BCUT2D eigenvalue weighted by Crippen LogP contribution is 2.15. The standard InChI is InChI=1S/C16H21N3O4S/c1-12(2)8-13(16(20)21)9-18-24(22,23)15-10-17-19(11-15)14-6-4-3-5-7-14/h3-7,10-13,18H,8-9H2,1-2H3,(H,20,21). The molecule has 0 amide bonds. The van der Waals surface area contributed by atoms with Crippen molar-refractivity contribution in [1.29, 1.82) is 0 Å². The second kappa shape index (κ2) is 7.59. The summed E-state index contributed by atoms with van der Waals surface area (Å²) in [5.74, 6) is -1.60. The number of sulfonamides is 1. The Labute approximate surface area is 141 Å². The molecular weight excluding hydrogens is 330 g/mol. The number of aromatic nitrogens is 2. The number of carbonyl (C=O) groups is 1. The Morgan fingerprint density at radius 2 is 1.96 bits per heavy atom. The molecule has 0 spiro atoms. The maximum atomic E-state index is 12.3. The number of carboxylic acid groups (broad SMARTS) is 1. The lowest BCUT2D eigenvalue weighted by Crippen LogP contribution is -2.33. The zero-order chi connectivity index (χ0) is 17.7. The summed E-state index contributed by atoms with van der Waals surface area (Å²) in [6, 6.07) is 9.12. The summed E-state index contributed by atoms with van der Waals surface area (Å²) in [5.41, 5.74) is 0.738. The van der Waals surface area contributed by atoms with Crippen LogP contribution in [0.4, 0.5) is 0 Å². The second-order valence-corrected chi connectivity index (χ2v) is 7.74. The van der Waals surface area contributed by atoms with E-state index in [1.165, 1.54) is 17.1 Å². The van der Waals surface area contributed by atoms with Crippen molar-refractivity contribution < 1.29 is 18.3 Å². The van der Waals surface area contributed by atoms with E-state index in [2.05, 4.69) is 9.82 Å². The minimum Gasteiger partial charge on any atom is -0.481 e. The number of para-hydroxylation sites is 1. The summed E-state index contributed by atoms with van der Waals surface area (Å²) in [7, 11) is -3.81. The quantitative estimate of drug-likeness (QED) is 0.756. The van der Waals surface area contributed by atoms with Gasteiger partial charge in [-0.15, -0.1) is 0 Å². The molecule has 0 fully saturated rings. The molecule has 0 radical (unpaired) electrons. The number of rotatable bonds is 8. The molecule has 0 aliphatic heterocycles. The fourth-order valence-corrected chi connectivity index (χ4v) is 3.31. The van der Waals surface area contributed by atoms with E-state index in [0.717, 1.165) is 5.69 Å². The van der Waals surface area contributed by atoms with Crippen LogP contribution in [0.25, 0.3) is 5.69 Å². The van der Waals surface area contributed by atoms with Gasteiger partial charge in [0, 0.05) is 6.54 Å². The third-order valence-corrected chi connectivity index (χ3v) is 4.89. The molecule has 8 heteroatoms. The summed E-state index contributed by atoms with van der Waals surface area (Å²) >= 11 is 0. The third-order valence-electron chi connectivity index (χ3n) is 3.51.